The highest BCUT2D eigenvalue weighted by Gasteiger charge is 2.49. The van der Waals surface area contributed by atoms with Crippen LogP contribution < -0.4 is 4.90 Å². The Morgan fingerprint density at radius 3 is 2.68 bits per heavy atom. The first-order chi connectivity index (χ1) is 9.04. The molecule has 6 heteroatoms. The van der Waals surface area contributed by atoms with Crippen molar-refractivity contribution in [3.8, 4) is 0 Å². The lowest BCUT2D eigenvalue weighted by Crippen LogP contribution is -2.46. The zero-order chi connectivity index (χ0) is 13.5. The normalized spacial score (nSPS) is 24.8. The number of nitrogens with zero attached hydrogens (tertiary/aromatic N) is 2. The van der Waals surface area contributed by atoms with Crippen LogP contribution >= 0.6 is 15.9 Å². The Labute approximate surface area is 122 Å². The van der Waals surface area contributed by atoms with Gasteiger partial charge in [-0.25, -0.2) is 13.4 Å². The molecule has 0 bridgehead atoms. The third kappa shape index (κ3) is 2.18. The van der Waals surface area contributed by atoms with Crippen LogP contribution in [0.15, 0.2) is 22.8 Å². The molecule has 1 saturated heterocycles. The molecular formula is C13H17BrN2O2S. The van der Waals surface area contributed by atoms with Crippen molar-refractivity contribution in [1.29, 1.82) is 0 Å². The second-order valence-electron chi connectivity index (χ2n) is 5.40. The smallest absolute Gasteiger partial charge is 0.157 e. The van der Waals surface area contributed by atoms with E-state index in [0.717, 1.165) is 42.5 Å². The van der Waals surface area contributed by atoms with Crippen LogP contribution in [0.1, 0.15) is 25.7 Å². The molecule has 0 atom stereocenters. The van der Waals surface area contributed by atoms with E-state index >= 15 is 0 Å². The Hall–Kier alpha value is -0.620. The molecule has 104 valence electrons. The van der Waals surface area contributed by atoms with Gasteiger partial charge in [-0.15, -0.1) is 0 Å². The molecule has 4 nitrogen and oxygen atoms in total. The number of sulfone groups is 1. The third-order valence-electron chi connectivity index (χ3n) is 4.43. The summed E-state index contributed by atoms with van der Waals surface area (Å²) >= 11 is 3.49. The molecule has 2 heterocycles. The first-order valence-electron chi connectivity index (χ1n) is 6.62. The Morgan fingerprint density at radius 1 is 1.26 bits per heavy atom. The molecule has 1 aliphatic heterocycles. The minimum Gasteiger partial charge on any atom is -0.355 e. The molecule has 1 saturated carbocycles. The predicted octanol–water partition coefficient (Wildman–Crippen LogP) is 2.39. The van der Waals surface area contributed by atoms with E-state index < -0.39 is 14.6 Å². The molecular weight excluding hydrogens is 328 g/mol. The lowest BCUT2D eigenvalue weighted by atomic mass is 9.81. The van der Waals surface area contributed by atoms with E-state index in [2.05, 4.69) is 25.8 Å². The summed E-state index contributed by atoms with van der Waals surface area (Å²) in [5.74, 6) is 1.10. The molecule has 0 amide bonds. The summed E-state index contributed by atoms with van der Waals surface area (Å²) in [6, 6.07) is 3.82. The van der Waals surface area contributed by atoms with Crippen molar-refractivity contribution in [3.05, 3.63) is 22.8 Å². The second-order valence-corrected chi connectivity index (χ2v) is 8.76. The third-order valence-corrected chi connectivity index (χ3v) is 7.70. The molecule has 0 unspecified atom stereocenters. The number of anilines is 1. The maximum Gasteiger partial charge on any atom is 0.157 e. The van der Waals surface area contributed by atoms with Gasteiger partial charge in [0, 0.05) is 19.3 Å². The lowest BCUT2D eigenvalue weighted by molar-refractivity contribution is 0.324. The number of pyridine rings is 1. The van der Waals surface area contributed by atoms with Gasteiger partial charge < -0.3 is 4.90 Å². The standard InChI is InChI=1S/C13H17BrN2O2S/c14-11-3-1-7-15-12(11)16-8-6-13(4-2-5-13)19(17,18)10-9-16/h1,3,7H,2,4-6,8-10H2. The molecule has 0 radical (unpaired) electrons. The summed E-state index contributed by atoms with van der Waals surface area (Å²) in [5.41, 5.74) is 0. The van der Waals surface area contributed by atoms with Crippen LogP contribution in [0, 0.1) is 0 Å². The zero-order valence-corrected chi connectivity index (χ0v) is 13.1. The minimum atomic E-state index is -2.96. The van der Waals surface area contributed by atoms with E-state index in [1.807, 2.05) is 12.1 Å². The molecule has 1 aromatic rings. The van der Waals surface area contributed by atoms with E-state index in [9.17, 15) is 8.42 Å². The average molecular weight is 345 g/mol. The number of aromatic nitrogens is 1. The maximum absolute atomic E-state index is 12.4. The van der Waals surface area contributed by atoms with E-state index in [1.165, 1.54) is 0 Å². The highest BCUT2D eigenvalue weighted by atomic mass is 79.9. The Bertz CT molecular complexity index is 584. The largest absolute Gasteiger partial charge is 0.355 e. The van der Waals surface area contributed by atoms with Gasteiger partial charge >= 0.3 is 0 Å². The molecule has 0 aromatic carbocycles. The summed E-state index contributed by atoms with van der Waals surface area (Å²) in [4.78, 5) is 6.46. The van der Waals surface area contributed by atoms with Crippen molar-refractivity contribution < 1.29 is 8.42 Å². The number of hydrogen-bond acceptors (Lipinski definition) is 4. The van der Waals surface area contributed by atoms with Crippen LogP contribution in [-0.4, -0.2) is 37.0 Å². The Kier molecular flexibility index (Phi) is 3.33. The predicted molar refractivity (Wildman–Crippen MR) is 79.1 cm³/mol. The number of hydrogen-bond donors (Lipinski definition) is 0. The fourth-order valence-corrected chi connectivity index (χ4v) is 5.72. The van der Waals surface area contributed by atoms with E-state index in [0.29, 0.717) is 6.54 Å². The SMILES string of the molecule is O=S1(=O)CCN(c2ncccc2Br)CCC12CCC2. The lowest BCUT2D eigenvalue weighted by Gasteiger charge is -2.40. The second kappa shape index (κ2) is 4.74. The molecule has 2 aliphatic rings. The van der Waals surface area contributed by atoms with Crippen molar-refractivity contribution in [2.75, 3.05) is 23.7 Å². The van der Waals surface area contributed by atoms with Gasteiger partial charge in [0.2, 0.25) is 0 Å². The first kappa shape index (κ1) is 13.4. The molecule has 0 N–H and O–H groups in total. The number of halogens is 1. The van der Waals surface area contributed by atoms with Crippen LogP contribution in [0.4, 0.5) is 5.82 Å². The van der Waals surface area contributed by atoms with Gasteiger partial charge in [0.1, 0.15) is 5.82 Å². The van der Waals surface area contributed by atoms with Crippen molar-refractivity contribution in [1.82, 2.24) is 4.98 Å². The molecule has 3 rings (SSSR count). The van der Waals surface area contributed by atoms with Crippen LogP contribution in [-0.2, 0) is 9.84 Å². The molecule has 19 heavy (non-hydrogen) atoms. The summed E-state index contributed by atoms with van der Waals surface area (Å²) in [7, 11) is -2.96. The van der Waals surface area contributed by atoms with E-state index in [4.69, 9.17) is 0 Å². The Morgan fingerprint density at radius 2 is 2.05 bits per heavy atom. The average Bonchev–Trinajstić information content (AvgIpc) is 2.45. The topological polar surface area (TPSA) is 50.3 Å². The molecule has 1 spiro atoms. The first-order valence-corrected chi connectivity index (χ1v) is 9.06. The summed E-state index contributed by atoms with van der Waals surface area (Å²) < 4.78 is 25.3. The van der Waals surface area contributed by atoms with E-state index in [1.54, 1.807) is 6.20 Å². The van der Waals surface area contributed by atoms with Crippen LogP contribution in [0.5, 0.6) is 0 Å². The molecule has 2 fully saturated rings. The molecule has 1 aliphatic carbocycles. The van der Waals surface area contributed by atoms with Crippen molar-refractivity contribution in [2.24, 2.45) is 0 Å². The zero-order valence-electron chi connectivity index (χ0n) is 10.7. The maximum atomic E-state index is 12.4. The van der Waals surface area contributed by atoms with Gasteiger partial charge in [0.05, 0.1) is 15.0 Å². The van der Waals surface area contributed by atoms with Crippen molar-refractivity contribution in [2.45, 2.75) is 30.4 Å². The van der Waals surface area contributed by atoms with Crippen molar-refractivity contribution in [3.63, 3.8) is 0 Å². The highest BCUT2D eigenvalue weighted by Crippen LogP contribution is 2.44. The van der Waals surface area contributed by atoms with Crippen LogP contribution in [0.2, 0.25) is 0 Å². The molecule has 1 aromatic heterocycles. The van der Waals surface area contributed by atoms with Gasteiger partial charge in [0.15, 0.2) is 9.84 Å². The minimum absolute atomic E-state index is 0.246. The fourth-order valence-electron chi connectivity index (χ4n) is 3.01. The van der Waals surface area contributed by atoms with Gasteiger partial charge in [-0.1, -0.05) is 6.42 Å². The van der Waals surface area contributed by atoms with Crippen LogP contribution in [0.3, 0.4) is 0 Å². The van der Waals surface area contributed by atoms with Crippen molar-refractivity contribution >= 4 is 31.6 Å². The van der Waals surface area contributed by atoms with Gasteiger partial charge in [-0.05, 0) is 47.3 Å². The summed E-state index contributed by atoms with van der Waals surface area (Å²) in [6.07, 6.45) is 5.21. The highest BCUT2D eigenvalue weighted by molar-refractivity contribution is 9.10. The number of rotatable bonds is 1. The van der Waals surface area contributed by atoms with Gasteiger partial charge in [-0.3, -0.25) is 0 Å². The van der Waals surface area contributed by atoms with Gasteiger partial charge in [-0.2, -0.15) is 0 Å². The Balaban J connectivity index is 1.87. The van der Waals surface area contributed by atoms with Crippen LogP contribution in [0.25, 0.3) is 0 Å². The van der Waals surface area contributed by atoms with E-state index in [-0.39, 0.29) is 5.75 Å². The summed E-state index contributed by atoms with van der Waals surface area (Å²) in [6.45, 7) is 1.31. The monoisotopic (exact) mass is 344 g/mol. The summed E-state index contributed by atoms with van der Waals surface area (Å²) in [5, 5.41) is 0. The quantitative estimate of drug-likeness (QED) is 0.784. The van der Waals surface area contributed by atoms with Gasteiger partial charge in [0.25, 0.3) is 0 Å². The fraction of sp³-hybridized carbons (Fsp3) is 0.615.